The lowest BCUT2D eigenvalue weighted by Crippen LogP contribution is -2.55. The highest BCUT2D eigenvalue weighted by molar-refractivity contribution is 6.33. The lowest BCUT2D eigenvalue weighted by atomic mass is 9.48. The van der Waals surface area contributed by atoms with Gasteiger partial charge in [0, 0.05) is 34.7 Å². The van der Waals surface area contributed by atoms with Crippen LogP contribution in [0.15, 0.2) is 102 Å². The van der Waals surface area contributed by atoms with Crippen molar-refractivity contribution in [2.75, 3.05) is 10.3 Å². The van der Waals surface area contributed by atoms with E-state index in [-0.39, 0.29) is 42.3 Å². The van der Waals surface area contributed by atoms with Crippen LogP contribution in [0.4, 0.5) is 24.7 Å². The number of imide groups is 2. The van der Waals surface area contributed by atoms with Crippen molar-refractivity contribution in [2.45, 2.75) is 37.8 Å². The number of nitrogens with zero attached hydrogens (tertiary/aromatic N) is 3. The number of ketones is 1. The number of Topliss-reactive ketones (excluding diaryl/α,β-unsaturated/α-hetero) is 1. The Morgan fingerprint density at radius 2 is 1.68 bits per heavy atom. The molecule has 300 valence electrons. The highest BCUT2D eigenvalue weighted by Crippen LogP contribution is 2.63. The highest BCUT2D eigenvalue weighted by Gasteiger charge is 2.71. The summed E-state index contributed by atoms with van der Waals surface area (Å²) in [6.45, 7) is 1.40. The fourth-order valence-electron chi connectivity index (χ4n) is 9.70. The number of alkyl halides is 3. The van der Waals surface area contributed by atoms with Gasteiger partial charge in [-0.2, -0.15) is 18.2 Å². The van der Waals surface area contributed by atoms with Gasteiger partial charge in [0.2, 0.25) is 11.8 Å². The van der Waals surface area contributed by atoms with Gasteiger partial charge >= 0.3 is 6.18 Å². The molecule has 9 rings (SSSR count). The quantitative estimate of drug-likeness (QED) is 0.113. The molecular weight excluding hydrogens is 812 g/mol. The van der Waals surface area contributed by atoms with E-state index in [4.69, 9.17) is 27.9 Å². The van der Waals surface area contributed by atoms with Crippen molar-refractivity contribution in [2.24, 2.45) is 29.6 Å². The Morgan fingerprint density at radius 1 is 0.949 bits per heavy atom. The molecule has 16 heteroatoms. The third-order valence-electron chi connectivity index (χ3n) is 12.2. The number of amides is 4. The summed E-state index contributed by atoms with van der Waals surface area (Å²) in [6.07, 6.45) is -0.680. The third kappa shape index (κ3) is 5.94. The molecule has 6 atom stereocenters. The maximum atomic E-state index is 15.5. The summed E-state index contributed by atoms with van der Waals surface area (Å²) in [5, 5.41) is 11.0. The van der Waals surface area contributed by atoms with E-state index < -0.39 is 75.4 Å². The van der Waals surface area contributed by atoms with Gasteiger partial charge in [-0.05, 0) is 97.5 Å². The minimum Gasteiger partial charge on any atom is -0.508 e. The van der Waals surface area contributed by atoms with Crippen LogP contribution in [0.5, 0.6) is 11.5 Å². The Morgan fingerprint density at radius 3 is 2.36 bits per heavy atom. The molecule has 4 aromatic rings. The number of phenolic OH excluding ortho intramolecular Hbond substituents is 1. The standard InChI is InChI=1S/C43H31Cl2F3N4O7/c1-20(53)21-2-8-27(9-3-21)51-38(55)30-12-11-29-31(35(30)40(51)57)17-32-39(56)52(50-37-33(45)16-25(18-49-37)43(46,47)48)41(58)42(32,24-4-6-26(44)7-5-24)36(29)23-14-22-15-28(54)10-13-34(22)59-19-23/h2-11,13,15-16,18-19,30-32,35-36,54H,12,14,17H2,1H3,(H,49,50)/t30-,31+,32-,35-,36-,42+/m0/s1. The minimum absolute atomic E-state index is 0.0324. The van der Waals surface area contributed by atoms with Crippen molar-refractivity contribution in [3.05, 3.63) is 135 Å². The van der Waals surface area contributed by atoms with Crippen molar-refractivity contribution in [1.29, 1.82) is 0 Å². The zero-order valence-corrected chi connectivity index (χ0v) is 32.3. The molecule has 4 heterocycles. The largest absolute Gasteiger partial charge is 0.508 e. The molecule has 11 nitrogen and oxygen atoms in total. The first kappa shape index (κ1) is 38.5. The Kier molecular flexibility index (Phi) is 9.01. The summed E-state index contributed by atoms with van der Waals surface area (Å²) in [4.78, 5) is 76.1. The van der Waals surface area contributed by atoms with Crippen LogP contribution >= 0.6 is 23.2 Å². The number of fused-ring (bicyclic) bond motifs is 5. The molecule has 1 saturated carbocycles. The van der Waals surface area contributed by atoms with Crippen LogP contribution in [0, 0.1) is 29.6 Å². The molecule has 0 radical (unpaired) electrons. The zero-order chi connectivity index (χ0) is 41.7. The second kappa shape index (κ2) is 13.8. The Balaban J connectivity index is 1.20. The number of rotatable bonds is 6. The number of allylic oxidation sites excluding steroid dienone is 3. The Bertz CT molecular complexity index is 2580. The molecular formula is C43H31Cl2F3N4O7. The summed E-state index contributed by atoms with van der Waals surface area (Å²) in [5.41, 5.74) is 2.52. The summed E-state index contributed by atoms with van der Waals surface area (Å²) in [7, 11) is 0. The monoisotopic (exact) mass is 842 g/mol. The average Bonchev–Trinajstić information content (AvgIpc) is 3.58. The maximum Gasteiger partial charge on any atom is 0.417 e. The van der Waals surface area contributed by atoms with E-state index in [2.05, 4.69) is 10.4 Å². The summed E-state index contributed by atoms with van der Waals surface area (Å²) in [6, 6.07) is 17.8. The number of nitrogens with one attached hydrogen (secondary N) is 1. The minimum atomic E-state index is -4.77. The van der Waals surface area contributed by atoms with E-state index in [1.54, 1.807) is 30.3 Å². The van der Waals surface area contributed by atoms with Crippen LogP contribution in [0.1, 0.15) is 46.8 Å². The topological polar surface area (TPSA) is 146 Å². The lowest BCUT2D eigenvalue weighted by Gasteiger charge is -2.51. The van der Waals surface area contributed by atoms with Crippen LogP contribution in [0.2, 0.25) is 10.0 Å². The van der Waals surface area contributed by atoms with E-state index >= 15 is 4.79 Å². The Hall–Kier alpha value is -5.99. The van der Waals surface area contributed by atoms with E-state index in [0.29, 0.717) is 50.9 Å². The molecule has 0 spiro atoms. The number of benzene rings is 3. The summed E-state index contributed by atoms with van der Waals surface area (Å²) in [5.74, 6) is -7.35. The molecule has 0 unspecified atom stereocenters. The van der Waals surface area contributed by atoms with Gasteiger partial charge in [-0.3, -0.25) is 34.3 Å². The first-order chi connectivity index (χ1) is 28.1. The Labute approximate surface area is 344 Å². The van der Waals surface area contributed by atoms with Gasteiger partial charge < -0.3 is 9.84 Å². The normalized spacial score (nSPS) is 26.0. The van der Waals surface area contributed by atoms with E-state index in [1.165, 1.54) is 49.6 Å². The first-order valence-electron chi connectivity index (χ1n) is 18.6. The number of aromatic hydroxyl groups is 1. The van der Waals surface area contributed by atoms with Crippen molar-refractivity contribution in [1.82, 2.24) is 9.99 Å². The molecule has 3 aliphatic heterocycles. The van der Waals surface area contributed by atoms with Gasteiger partial charge in [0.05, 0.1) is 45.7 Å². The second-order valence-electron chi connectivity index (χ2n) is 15.3. The molecule has 5 aliphatic rings. The van der Waals surface area contributed by atoms with Crippen molar-refractivity contribution in [3.63, 3.8) is 0 Å². The molecule has 1 aromatic heterocycles. The number of carbonyl (C=O) groups is 5. The maximum absolute atomic E-state index is 15.5. The summed E-state index contributed by atoms with van der Waals surface area (Å²) < 4.78 is 46.8. The number of carbonyl (C=O) groups excluding carboxylic acids is 5. The zero-order valence-electron chi connectivity index (χ0n) is 30.8. The molecule has 2 N–H and O–H groups in total. The van der Waals surface area contributed by atoms with Gasteiger partial charge in [-0.1, -0.05) is 47.0 Å². The average molecular weight is 844 g/mol. The SMILES string of the molecule is CC(=O)c1ccc(N2C(=O)[C@H]3[C@H](CC=C4[C@H](C5=COc6ccc(O)cc6C5)[C@]5(c6ccc(Cl)cc6)C(=O)N(Nc6ncc(C(F)(F)F)cc6Cl)C(=O)[C@@H]5C[C@H]43)C2=O)cc1. The smallest absolute Gasteiger partial charge is 0.417 e. The van der Waals surface area contributed by atoms with Crippen LogP contribution in [-0.2, 0) is 37.2 Å². The number of ether oxygens (including phenoxy) is 1. The predicted molar refractivity (Wildman–Crippen MR) is 207 cm³/mol. The number of anilines is 2. The van der Waals surface area contributed by atoms with Gasteiger partial charge in [-0.15, -0.1) is 0 Å². The van der Waals surface area contributed by atoms with Gasteiger partial charge in [0.15, 0.2) is 11.6 Å². The number of hydrogen-bond acceptors (Lipinski definition) is 9. The van der Waals surface area contributed by atoms with Crippen molar-refractivity contribution in [3.8, 4) is 11.5 Å². The fourth-order valence-corrected chi connectivity index (χ4v) is 10.0. The predicted octanol–water partition coefficient (Wildman–Crippen LogP) is 7.86. The summed E-state index contributed by atoms with van der Waals surface area (Å²) >= 11 is 12.7. The number of halogens is 5. The van der Waals surface area contributed by atoms with E-state index in [1.807, 2.05) is 6.08 Å². The van der Waals surface area contributed by atoms with Crippen LogP contribution in [0.25, 0.3) is 0 Å². The van der Waals surface area contributed by atoms with Crippen LogP contribution in [-0.4, -0.2) is 44.5 Å². The molecule has 3 aromatic carbocycles. The van der Waals surface area contributed by atoms with Gasteiger partial charge in [-0.25, -0.2) is 4.98 Å². The number of pyridine rings is 1. The molecule has 59 heavy (non-hydrogen) atoms. The highest BCUT2D eigenvalue weighted by atomic mass is 35.5. The van der Waals surface area contributed by atoms with Crippen molar-refractivity contribution < 1.29 is 47.0 Å². The molecule has 4 amide bonds. The fraction of sp³-hybridized carbons (Fsp3) is 0.256. The van der Waals surface area contributed by atoms with Crippen LogP contribution < -0.4 is 15.1 Å². The lowest BCUT2D eigenvalue weighted by molar-refractivity contribution is -0.139. The van der Waals surface area contributed by atoms with Crippen LogP contribution in [0.3, 0.4) is 0 Å². The van der Waals surface area contributed by atoms with Gasteiger partial charge in [0.25, 0.3) is 11.8 Å². The number of phenols is 1. The molecule has 0 bridgehead atoms. The van der Waals surface area contributed by atoms with Gasteiger partial charge in [0.1, 0.15) is 11.5 Å². The number of aromatic nitrogens is 1. The molecule has 3 fully saturated rings. The third-order valence-corrected chi connectivity index (χ3v) is 12.8. The molecule has 2 saturated heterocycles. The van der Waals surface area contributed by atoms with E-state index in [9.17, 15) is 37.5 Å². The first-order valence-corrected chi connectivity index (χ1v) is 19.3. The second-order valence-corrected chi connectivity index (χ2v) is 16.2. The van der Waals surface area contributed by atoms with E-state index in [0.717, 1.165) is 9.91 Å². The number of hydrogen-bond donors (Lipinski definition) is 2. The van der Waals surface area contributed by atoms with Crippen molar-refractivity contribution >= 4 is 64.1 Å². The molecule has 2 aliphatic carbocycles. The number of hydrazine groups is 1.